The van der Waals surface area contributed by atoms with Gasteiger partial charge in [0, 0.05) is 16.5 Å². The maximum absolute atomic E-state index is 6.30. The molecule has 2 heteroatoms. The number of halogens is 1. The van der Waals surface area contributed by atoms with Crippen LogP contribution in [0.3, 0.4) is 0 Å². The molecule has 2 aromatic carbocycles. The van der Waals surface area contributed by atoms with E-state index in [1.54, 1.807) is 0 Å². The van der Waals surface area contributed by atoms with Crippen LogP contribution < -0.4 is 5.32 Å². The molecule has 1 nitrogen and oxygen atoms in total. The van der Waals surface area contributed by atoms with E-state index in [1.807, 2.05) is 19.2 Å². The van der Waals surface area contributed by atoms with Crippen LogP contribution >= 0.6 is 11.6 Å². The van der Waals surface area contributed by atoms with Crippen LogP contribution in [-0.2, 0) is 0 Å². The number of fused-ring (bicyclic) bond motifs is 1. The molecule has 0 saturated heterocycles. The fraction of sp³-hybridized carbons (Fsp3) is 0.412. The van der Waals surface area contributed by atoms with Crippen molar-refractivity contribution in [3.63, 3.8) is 0 Å². The van der Waals surface area contributed by atoms with Gasteiger partial charge >= 0.3 is 0 Å². The van der Waals surface area contributed by atoms with Gasteiger partial charge in [0.05, 0.1) is 0 Å². The van der Waals surface area contributed by atoms with Crippen molar-refractivity contribution in [2.45, 2.75) is 26.8 Å². The summed E-state index contributed by atoms with van der Waals surface area (Å²) < 4.78 is 0. The van der Waals surface area contributed by atoms with Gasteiger partial charge in [-0.15, -0.1) is 0 Å². The molecule has 2 atom stereocenters. The van der Waals surface area contributed by atoms with Gasteiger partial charge in [-0.3, -0.25) is 0 Å². The van der Waals surface area contributed by atoms with E-state index in [2.05, 4.69) is 50.4 Å². The molecule has 0 spiro atoms. The van der Waals surface area contributed by atoms with Crippen molar-refractivity contribution in [3.8, 4) is 0 Å². The third-order valence-electron chi connectivity index (χ3n) is 4.13. The second kappa shape index (κ2) is 5.94. The van der Waals surface area contributed by atoms with Gasteiger partial charge < -0.3 is 5.32 Å². The summed E-state index contributed by atoms with van der Waals surface area (Å²) in [5.74, 6) is 1.20. The molecule has 0 fully saturated rings. The van der Waals surface area contributed by atoms with E-state index in [-0.39, 0.29) is 0 Å². The van der Waals surface area contributed by atoms with Gasteiger partial charge in [-0.25, -0.2) is 0 Å². The smallest absolute Gasteiger partial charge is 0.0484 e. The first-order chi connectivity index (χ1) is 9.06. The van der Waals surface area contributed by atoms with Crippen LogP contribution in [0.4, 0.5) is 0 Å². The highest BCUT2D eigenvalue weighted by molar-refractivity contribution is 6.35. The minimum absolute atomic E-state index is 0.349. The largest absolute Gasteiger partial charge is 0.313 e. The quantitative estimate of drug-likeness (QED) is 0.824. The Hall–Kier alpha value is -1.05. The first-order valence-electron chi connectivity index (χ1n) is 6.90. The Bertz CT molecular complexity index is 562. The molecule has 2 aromatic rings. The first kappa shape index (κ1) is 14.4. The Morgan fingerprint density at radius 1 is 0.947 bits per heavy atom. The molecule has 0 aliphatic rings. The van der Waals surface area contributed by atoms with Crippen LogP contribution in [0.2, 0.25) is 5.02 Å². The molecule has 0 saturated carbocycles. The first-order valence-corrected chi connectivity index (χ1v) is 7.28. The van der Waals surface area contributed by atoms with Crippen LogP contribution in [0.25, 0.3) is 10.8 Å². The van der Waals surface area contributed by atoms with Gasteiger partial charge in [-0.05, 0) is 35.9 Å². The Morgan fingerprint density at radius 2 is 1.58 bits per heavy atom. The van der Waals surface area contributed by atoms with Crippen LogP contribution in [0.5, 0.6) is 0 Å². The normalized spacial score (nSPS) is 14.8. The van der Waals surface area contributed by atoms with E-state index in [4.69, 9.17) is 11.6 Å². The summed E-state index contributed by atoms with van der Waals surface area (Å²) in [7, 11) is 2.03. The van der Waals surface area contributed by atoms with E-state index >= 15 is 0 Å². The minimum Gasteiger partial charge on any atom is -0.313 e. The molecule has 0 aromatic heterocycles. The van der Waals surface area contributed by atoms with Crippen molar-refractivity contribution < 1.29 is 0 Å². The zero-order valence-corrected chi connectivity index (χ0v) is 12.8. The Morgan fingerprint density at radius 3 is 2.16 bits per heavy atom. The number of nitrogens with one attached hydrogen (secondary N) is 1. The van der Waals surface area contributed by atoms with Gasteiger partial charge in [-0.2, -0.15) is 0 Å². The van der Waals surface area contributed by atoms with Crippen LogP contribution in [0.1, 0.15) is 32.4 Å². The van der Waals surface area contributed by atoms with E-state index in [1.165, 1.54) is 10.9 Å². The van der Waals surface area contributed by atoms with Gasteiger partial charge in [-0.1, -0.05) is 62.7 Å². The molecule has 2 unspecified atom stereocenters. The highest BCUT2D eigenvalue weighted by Gasteiger charge is 2.22. The van der Waals surface area contributed by atoms with Gasteiger partial charge in [0.1, 0.15) is 0 Å². The summed E-state index contributed by atoms with van der Waals surface area (Å²) >= 11 is 6.30. The van der Waals surface area contributed by atoms with E-state index in [9.17, 15) is 0 Å². The summed E-state index contributed by atoms with van der Waals surface area (Å²) in [6.45, 7) is 6.84. The summed E-state index contributed by atoms with van der Waals surface area (Å²) in [6.07, 6.45) is 0. The van der Waals surface area contributed by atoms with Crippen molar-refractivity contribution in [2.75, 3.05) is 7.05 Å². The van der Waals surface area contributed by atoms with Gasteiger partial charge in [0.15, 0.2) is 0 Å². The summed E-state index contributed by atoms with van der Waals surface area (Å²) in [5, 5.41) is 6.68. The standard InChI is InChI=1S/C17H22ClN/c1-11(2)12(3)17(19-4)15-9-10-16(18)14-8-6-5-7-13(14)15/h5-12,17,19H,1-4H3. The topological polar surface area (TPSA) is 12.0 Å². The van der Waals surface area contributed by atoms with E-state index in [0.29, 0.717) is 17.9 Å². The van der Waals surface area contributed by atoms with Gasteiger partial charge in [0.2, 0.25) is 0 Å². The maximum Gasteiger partial charge on any atom is 0.0484 e. The minimum atomic E-state index is 0.349. The lowest BCUT2D eigenvalue weighted by atomic mass is 9.84. The Labute approximate surface area is 121 Å². The van der Waals surface area contributed by atoms with Crippen LogP contribution in [0, 0.1) is 11.8 Å². The van der Waals surface area contributed by atoms with Gasteiger partial charge in [0.25, 0.3) is 0 Å². The van der Waals surface area contributed by atoms with Crippen molar-refractivity contribution in [1.82, 2.24) is 5.32 Å². The molecule has 0 amide bonds. The lowest BCUT2D eigenvalue weighted by Crippen LogP contribution is -2.26. The molecule has 102 valence electrons. The predicted molar refractivity (Wildman–Crippen MR) is 84.8 cm³/mol. The lowest BCUT2D eigenvalue weighted by Gasteiger charge is -2.28. The predicted octanol–water partition coefficient (Wildman–Crippen LogP) is 5.05. The Kier molecular flexibility index (Phi) is 4.49. The SMILES string of the molecule is CNC(c1ccc(Cl)c2ccccc12)C(C)C(C)C. The summed E-state index contributed by atoms with van der Waals surface area (Å²) in [5.41, 5.74) is 1.34. The third kappa shape index (κ3) is 2.77. The number of rotatable bonds is 4. The van der Waals surface area contributed by atoms with Crippen LogP contribution in [-0.4, -0.2) is 7.05 Å². The number of hydrogen-bond donors (Lipinski definition) is 1. The molecule has 0 bridgehead atoms. The van der Waals surface area contributed by atoms with Crippen molar-refractivity contribution >= 4 is 22.4 Å². The second-order valence-corrected chi connectivity index (χ2v) is 5.96. The second-order valence-electron chi connectivity index (χ2n) is 5.55. The molecule has 2 rings (SSSR count). The highest BCUT2D eigenvalue weighted by atomic mass is 35.5. The molecular weight excluding hydrogens is 254 g/mol. The van der Waals surface area contributed by atoms with Crippen molar-refractivity contribution in [2.24, 2.45) is 11.8 Å². The zero-order chi connectivity index (χ0) is 14.0. The zero-order valence-electron chi connectivity index (χ0n) is 12.1. The summed E-state index contributed by atoms with van der Waals surface area (Å²) in [4.78, 5) is 0. The van der Waals surface area contributed by atoms with E-state index in [0.717, 1.165) is 10.4 Å². The molecule has 0 heterocycles. The lowest BCUT2D eigenvalue weighted by molar-refractivity contribution is 0.318. The summed E-state index contributed by atoms with van der Waals surface area (Å²) in [6, 6.07) is 12.9. The molecule has 1 N–H and O–H groups in total. The fourth-order valence-corrected chi connectivity index (χ4v) is 2.87. The molecule has 19 heavy (non-hydrogen) atoms. The van der Waals surface area contributed by atoms with Crippen molar-refractivity contribution in [1.29, 1.82) is 0 Å². The monoisotopic (exact) mass is 275 g/mol. The van der Waals surface area contributed by atoms with E-state index < -0.39 is 0 Å². The molecule has 0 aliphatic carbocycles. The maximum atomic E-state index is 6.30. The fourth-order valence-electron chi connectivity index (χ4n) is 2.64. The Balaban J connectivity index is 2.58. The third-order valence-corrected chi connectivity index (χ3v) is 4.46. The number of hydrogen-bond acceptors (Lipinski definition) is 1. The molecule has 0 radical (unpaired) electrons. The molecular formula is C17H22ClN. The number of benzene rings is 2. The average molecular weight is 276 g/mol. The molecule has 0 aliphatic heterocycles. The van der Waals surface area contributed by atoms with Crippen LogP contribution in [0.15, 0.2) is 36.4 Å². The van der Waals surface area contributed by atoms with Crippen molar-refractivity contribution in [3.05, 3.63) is 47.0 Å². The highest BCUT2D eigenvalue weighted by Crippen LogP contribution is 2.34. The average Bonchev–Trinajstić information content (AvgIpc) is 2.42.